The van der Waals surface area contributed by atoms with Crippen molar-refractivity contribution in [2.24, 2.45) is 0 Å². The van der Waals surface area contributed by atoms with Crippen molar-refractivity contribution in [1.29, 1.82) is 0 Å². The number of hydrogen-bond donors (Lipinski definition) is 1. The summed E-state index contributed by atoms with van der Waals surface area (Å²) in [7, 11) is -3.46. The molecule has 8 nitrogen and oxygen atoms in total. The molecule has 158 valence electrons. The molecule has 3 rings (SSSR count). The SMILES string of the molecule is CCC(CC)NC(=O)c1ccc2c(c1)[C@@H](c1ncn(C(C)C)n1)CN2S(C)(=O)=O. The van der Waals surface area contributed by atoms with Crippen LogP contribution in [0.1, 0.15) is 74.2 Å². The Bertz CT molecular complexity index is 995. The van der Waals surface area contributed by atoms with Crippen LogP contribution in [0.3, 0.4) is 0 Å². The number of sulfonamides is 1. The first-order valence-electron chi connectivity index (χ1n) is 9.99. The van der Waals surface area contributed by atoms with Gasteiger partial charge in [0.2, 0.25) is 10.0 Å². The number of rotatable bonds is 7. The van der Waals surface area contributed by atoms with Crippen LogP contribution in [0.4, 0.5) is 5.69 Å². The van der Waals surface area contributed by atoms with Crippen LogP contribution >= 0.6 is 0 Å². The zero-order valence-corrected chi connectivity index (χ0v) is 18.4. The Morgan fingerprint density at radius 3 is 2.52 bits per heavy atom. The molecular weight excluding hydrogens is 390 g/mol. The van der Waals surface area contributed by atoms with Gasteiger partial charge in [0.1, 0.15) is 6.33 Å². The summed E-state index contributed by atoms with van der Waals surface area (Å²) in [6, 6.07) is 5.43. The minimum Gasteiger partial charge on any atom is -0.349 e. The van der Waals surface area contributed by atoms with Crippen molar-refractivity contribution in [2.75, 3.05) is 17.1 Å². The van der Waals surface area contributed by atoms with Gasteiger partial charge in [0.15, 0.2) is 5.82 Å². The van der Waals surface area contributed by atoms with Crippen LogP contribution < -0.4 is 9.62 Å². The predicted molar refractivity (Wildman–Crippen MR) is 113 cm³/mol. The summed E-state index contributed by atoms with van der Waals surface area (Å²) in [5.41, 5.74) is 1.85. The minimum atomic E-state index is -3.46. The number of hydrogen-bond acceptors (Lipinski definition) is 5. The van der Waals surface area contributed by atoms with E-state index in [1.807, 2.05) is 27.7 Å². The van der Waals surface area contributed by atoms with Gasteiger partial charge in [-0.25, -0.2) is 13.4 Å². The number of nitrogens with zero attached hydrogens (tertiary/aromatic N) is 4. The fourth-order valence-electron chi connectivity index (χ4n) is 3.56. The van der Waals surface area contributed by atoms with Crippen molar-refractivity contribution < 1.29 is 13.2 Å². The maximum Gasteiger partial charge on any atom is 0.251 e. The Balaban J connectivity index is 2.01. The topological polar surface area (TPSA) is 97.2 Å². The van der Waals surface area contributed by atoms with E-state index in [2.05, 4.69) is 15.4 Å². The van der Waals surface area contributed by atoms with Gasteiger partial charge in [-0.2, -0.15) is 5.10 Å². The first-order chi connectivity index (χ1) is 13.7. The summed E-state index contributed by atoms with van der Waals surface area (Å²) in [4.78, 5) is 17.1. The number of amides is 1. The highest BCUT2D eigenvalue weighted by atomic mass is 32.2. The third-order valence-electron chi connectivity index (χ3n) is 5.37. The van der Waals surface area contributed by atoms with Gasteiger partial charge in [0, 0.05) is 24.2 Å². The Labute approximate surface area is 172 Å². The smallest absolute Gasteiger partial charge is 0.251 e. The molecule has 1 atom stereocenters. The van der Waals surface area contributed by atoms with Gasteiger partial charge in [-0.05, 0) is 50.5 Å². The Morgan fingerprint density at radius 1 is 1.28 bits per heavy atom. The van der Waals surface area contributed by atoms with Crippen molar-refractivity contribution >= 4 is 21.6 Å². The number of carbonyl (C=O) groups excluding carboxylic acids is 1. The zero-order valence-electron chi connectivity index (χ0n) is 17.6. The molecule has 0 spiro atoms. The molecule has 2 aromatic rings. The highest BCUT2D eigenvalue weighted by Crippen LogP contribution is 2.41. The third-order valence-corrected chi connectivity index (χ3v) is 6.52. The predicted octanol–water partition coefficient (Wildman–Crippen LogP) is 2.69. The molecule has 0 unspecified atom stereocenters. The molecule has 2 heterocycles. The molecule has 1 aliphatic heterocycles. The number of aromatic nitrogens is 3. The highest BCUT2D eigenvalue weighted by molar-refractivity contribution is 7.92. The van der Waals surface area contributed by atoms with Gasteiger partial charge in [0.05, 0.1) is 17.9 Å². The van der Waals surface area contributed by atoms with Gasteiger partial charge < -0.3 is 5.32 Å². The lowest BCUT2D eigenvalue weighted by molar-refractivity contribution is 0.0934. The zero-order chi connectivity index (χ0) is 21.3. The Kier molecular flexibility index (Phi) is 5.97. The van der Waals surface area contributed by atoms with Crippen LogP contribution in [0.2, 0.25) is 0 Å². The monoisotopic (exact) mass is 419 g/mol. The van der Waals surface area contributed by atoms with E-state index >= 15 is 0 Å². The van der Waals surface area contributed by atoms with Crippen LogP contribution in [0, 0.1) is 0 Å². The first-order valence-corrected chi connectivity index (χ1v) is 11.8. The molecule has 0 radical (unpaired) electrons. The van der Waals surface area contributed by atoms with E-state index in [9.17, 15) is 13.2 Å². The maximum absolute atomic E-state index is 12.7. The normalized spacial score (nSPS) is 16.5. The molecule has 9 heteroatoms. The van der Waals surface area contributed by atoms with Crippen molar-refractivity contribution in [3.63, 3.8) is 0 Å². The molecule has 1 N–H and O–H groups in total. The quantitative estimate of drug-likeness (QED) is 0.744. The van der Waals surface area contributed by atoms with Gasteiger partial charge in [-0.3, -0.25) is 13.8 Å². The average Bonchev–Trinajstić information content (AvgIpc) is 3.29. The molecule has 1 amide bonds. The van der Waals surface area contributed by atoms with E-state index < -0.39 is 10.0 Å². The van der Waals surface area contributed by atoms with Crippen LogP contribution in [0.25, 0.3) is 0 Å². The molecule has 0 aliphatic carbocycles. The average molecular weight is 420 g/mol. The van der Waals surface area contributed by atoms with E-state index in [-0.39, 0.29) is 30.5 Å². The maximum atomic E-state index is 12.7. The van der Waals surface area contributed by atoms with E-state index in [1.165, 1.54) is 10.6 Å². The van der Waals surface area contributed by atoms with Crippen LogP contribution in [-0.4, -0.2) is 47.9 Å². The molecule has 1 aliphatic rings. The summed E-state index contributed by atoms with van der Waals surface area (Å²) in [6.45, 7) is 8.31. The van der Waals surface area contributed by atoms with E-state index in [1.54, 1.807) is 29.2 Å². The molecular formula is C20H29N5O3S. The van der Waals surface area contributed by atoms with Crippen LogP contribution in [0.15, 0.2) is 24.5 Å². The van der Waals surface area contributed by atoms with Crippen LogP contribution in [0.5, 0.6) is 0 Å². The Morgan fingerprint density at radius 2 is 1.97 bits per heavy atom. The van der Waals surface area contributed by atoms with Crippen LogP contribution in [-0.2, 0) is 10.0 Å². The third kappa shape index (κ3) is 4.29. The lowest BCUT2D eigenvalue weighted by atomic mass is 9.98. The fraction of sp³-hybridized carbons (Fsp3) is 0.550. The van der Waals surface area contributed by atoms with Crippen molar-refractivity contribution in [2.45, 2.75) is 58.5 Å². The lowest BCUT2D eigenvalue weighted by Crippen LogP contribution is -2.33. The van der Waals surface area contributed by atoms with Gasteiger partial charge in [0.25, 0.3) is 5.91 Å². The largest absolute Gasteiger partial charge is 0.349 e. The van der Waals surface area contributed by atoms with E-state index in [0.29, 0.717) is 17.1 Å². The molecule has 0 saturated carbocycles. The number of benzene rings is 1. The minimum absolute atomic E-state index is 0.113. The lowest BCUT2D eigenvalue weighted by Gasteiger charge is -2.17. The fourth-order valence-corrected chi connectivity index (χ4v) is 4.50. The standard InChI is InChI=1S/C20H29N5O3S/c1-6-15(7-2)22-20(26)14-8-9-18-16(10-14)17(11-25(18)29(5,27)28)19-21-12-24(23-19)13(3)4/h8-10,12-13,15,17H,6-7,11H2,1-5H3,(H,22,26)/t17-/m0/s1. The molecule has 0 bridgehead atoms. The highest BCUT2D eigenvalue weighted by Gasteiger charge is 2.37. The summed E-state index contributed by atoms with van der Waals surface area (Å²) in [5, 5.41) is 7.57. The number of nitrogens with one attached hydrogen (secondary N) is 1. The summed E-state index contributed by atoms with van der Waals surface area (Å²) >= 11 is 0. The second-order valence-electron chi connectivity index (χ2n) is 7.78. The van der Waals surface area contributed by atoms with Gasteiger partial charge >= 0.3 is 0 Å². The van der Waals surface area contributed by atoms with Crippen molar-refractivity contribution in [3.05, 3.63) is 41.5 Å². The molecule has 0 fully saturated rings. The van der Waals surface area contributed by atoms with E-state index in [4.69, 9.17) is 0 Å². The molecule has 1 aromatic carbocycles. The Hall–Kier alpha value is -2.42. The number of fused-ring (bicyclic) bond motifs is 1. The molecule has 29 heavy (non-hydrogen) atoms. The van der Waals surface area contributed by atoms with E-state index in [0.717, 1.165) is 18.4 Å². The second-order valence-corrected chi connectivity index (χ2v) is 9.69. The van der Waals surface area contributed by atoms with Gasteiger partial charge in [-0.15, -0.1) is 0 Å². The van der Waals surface area contributed by atoms with Crippen molar-refractivity contribution in [3.8, 4) is 0 Å². The summed E-state index contributed by atoms with van der Waals surface area (Å²) in [5.74, 6) is 0.0861. The molecule has 1 aromatic heterocycles. The first kappa shape index (κ1) is 21.3. The second kappa shape index (κ2) is 8.14. The summed E-state index contributed by atoms with van der Waals surface area (Å²) < 4.78 is 27.8. The number of anilines is 1. The summed E-state index contributed by atoms with van der Waals surface area (Å²) in [6.07, 6.45) is 4.56. The molecule has 0 saturated heterocycles. The van der Waals surface area contributed by atoms with Crippen molar-refractivity contribution in [1.82, 2.24) is 20.1 Å². The number of carbonyl (C=O) groups is 1. The van der Waals surface area contributed by atoms with Gasteiger partial charge in [-0.1, -0.05) is 13.8 Å².